The molecule has 18 heavy (non-hydrogen) atoms. The van der Waals surface area contributed by atoms with Crippen LogP contribution in [0.5, 0.6) is 0 Å². The molecule has 0 radical (unpaired) electrons. The van der Waals surface area contributed by atoms with Gasteiger partial charge < -0.3 is 10.2 Å². The Bertz CT molecular complexity index is 236. The molecule has 1 saturated carbocycles. The Morgan fingerprint density at radius 2 is 1.89 bits per heavy atom. The molecule has 1 heterocycles. The van der Waals surface area contributed by atoms with Gasteiger partial charge in [-0.05, 0) is 59.3 Å². The average molecular weight is 253 g/mol. The third-order valence-electron chi connectivity index (χ3n) is 4.85. The van der Waals surface area contributed by atoms with Crippen molar-refractivity contribution in [3.8, 4) is 0 Å². The van der Waals surface area contributed by atoms with Crippen LogP contribution < -0.4 is 5.32 Å². The van der Waals surface area contributed by atoms with Crippen LogP contribution in [-0.4, -0.2) is 62.7 Å². The molecule has 3 nitrogen and oxygen atoms in total. The molecule has 2 atom stereocenters. The van der Waals surface area contributed by atoms with E-state index < -0.39 is 0 Å². The number of rotatable bonds is 6. The van der Waals surface area contributed by atoms with Crippen molar-refractivity contribution in [1.29, 1.82) is 0 Å². The number of likely N-dealkylation sites (tertiary alicyclic amines) is 1. The maximum Gasteiger partial charge on any atom is 0.0224 e. The summed E-state index contributed by atoms with van der Waals surface area (Å²) in [5.74, 6) is 0.926. The molecular weight excluding hydrogens is 222 g/mol. The number of hydrogen-bond donors (Lipinski definition) is 1. The van der Waals surface area contributed by atoms with Gasteiger partial charge in [0.1, 0.15) is 0 Å². The Morgan fingerprint density at radius 1 is 1.17 bits per heavy atom. The van der Waals surface area contributed by atoms with Gasteiger partial charge >= 0.3 is 0 Å². The minimum Gasteiger partial charge on any atom is -0.315 e. The molecule has 0 aromatic rings. The largest absolute Gasteiger partial charge is 0.315 e. The van der Waals surface area contributed by atoms with E-state index in [1.807, 2.05) is 0 Å². The van der Waals surface area contributed by atoms with Gasteiger partial charge in [-0.3, -0.25) is 4.90 Å². The fraction of sp³-hybridized carbons (Fsp3) is 1.00. The van der Waals surface area contributed by atoms with E-state index in [4.69, 9.17) is 0 Å². The summed E-state index contributed by atoms with van der Waals surface area (Å²) in [6.07, 6.45) is 8.56. The predicted molar refractivity (Wildman–Crippen MR) is 78.0 cm³/mol. The molecule has 2 aliphatic rings. The Balaban J connectivity index is 1.85. The smallest absolute Gasteiger partial charge is 0.0224 e. The summed E-state index contributed by atoms with van der Waals surface area (Å²) < 4.78 is 0. The first-order valence-electron chi connectivity index (χ1n) is 7.76. The summed E-state index contributed by atoms with van der Waals surface area (Å²) in [5.41, 5.74) is 0. The van der Waals surface area contributed by atoms with Crippen molar-refractivity contribution >= 4 is 0 Å². The molecule has 1 N–H and O–H groups in total. The molecule has 2 fully saturated rings. The second kappa shape index (κ2) is 6.88. The van der Waals surface area contributed by atoms with Crippen LogP contribution in [0, 0.1) is 5.92 Å². The molecule has 1 saturated heterocycles. The Kier molecular flexibility index (Phi) is 5.46. The van der Waals surface area contributed by atoms with Crippen LogP contribution in [0.3, 0.4) is 0 Å². The molecule has 2 rings (SSSR count). The molecular formula is C15H31N3. The normalized spacial score (nSPS) is 28.3. The number of nitrogens with one attached hydrogen (secondary N) is 1. The molecule has 0 aromatic heterocycles. The molecule has 0 spiro atoms. The van der Waals surface area contributed by atoms with Gasteiger partial charge in [0, 0.05) is 25.2 Å². The van der Waals surface area contributed by atoms with E-state index in [2.05, 4.69) is 36.3 Å². The highest BCUT2D eigenvalue weighted by Crippen LogP contribution is 2.29. The summed E-state index contributed by atoms with van der Waals surface area (Å²) in [6.45, 7) is 3.80. The zero-order valence-corrected chi connectivity index (χ0v) is 12.5. The molecule has 106 valence electrons. The van der Waals surface area contributed by atoms with Gasteiger partial charge in [-0.25, -0.2) is 0 Å². The molecule has 0 bridgehead atoms. The third kappa shape index (κ3) is 3.69. The van der Waals surface area contributed by atoms with Crippen molar-refractivity contribution in [3.63, 3.8) is 0 Å². The van der Waals surface area contributed by atoms with Gasteiger partial charge in [0.2, 0.25) is 0 Å². The van der Waals surface area contributed by atoms with Crippen molar-refractivity contribution in [2.75, 3.05) is 40.8 Å². The van der Waals surface area contributed by atoms with Gasteiger partial charge in [0.15, 0.2) is 0 Å². The van der Waals surface area contributed by atoms with Crippen LogP contribution in [-0.2, 0) is 0 Å². The van der Waals surface area contributed by atoms with Crippen LogP contribution >= 0.6 is 0 Å². The number of hydrogen-bond acceptors (Lipinski definition) is 3. The molecule has 0 amide bonds. The Morgan fingerprint density at radius 3 is 2.50 bits per heavy atom. The first-order valence-corrected chi connectivity index (χ1v) is 7.76. The second-order valence-corrected chi connectivity index (χ2v) is 6.49. The molecule has 1 aliphatic heterocycles. The lowest BCUT2D eigenvalue weighted by molar-refractivity contribution is 0.173. The summed E-state index contributed by atoms with van der Waals surface area (Å²) >= 11 is 0. The number of likely N-dealkylation sites (N-methyl/N-ethyl adjacent to an activating group) is 2. The summed E-state index contributed by atoms with van der Waals surface area (Å²) in [5, 5.41) is 3.59. The van der Waals surface area contributed by atoms with E-state index in [9.17, 15) is 0 Å². The summed E-state index contributed by atoms with van der Waals surface area (Å²) in [4.78, 5) is 5.08. The van der Waals surface area contributed by atoms with E-state index >= 15 is 0 Å². The fourth-order valence-corrected chi connectivity index (χ4v) is 3.85. The van der Waals surface area contributed by atoms with E-state index in [1.54, 1.807) is 0 Å². The zero-order chi connectivity index (χ0) is 13.0. The minimum absolute atomic E-state index is 0.718. The van der Waals surface area contributed by atoms with Crippen LogP contribution in [0.4, 0.5) is 0 Å². The fourth-order valence-electron chi connectivity index (χ4n) is 3.85. The lowest BCUT2D eigenvalue weighted by Crippen LogP contribution is -2.47. The molecule has 0 aromatic carbocycles. The highest BCUT2D eigenvalue weighted by Gasteiger charge is 2.30. The van der Waals surface area contributed by atoms with Crippen LogP contribution in [0.25, 0.3) is 0 Å². The Hall–Kier alpha value is -0.120. The number of nitrogens with zero attached hydrogens (tertiary/aromatic N) is 2. The first-order chi connectivity index (χ1) is 8.70. The maximum absolute atomic E-state index is 3.59. The quantitative estimate of drug-likeness (QED) is 0.778. The maximum atomic E-state index is 3.59. The van der Waals surface area contributed by atoms with Crippen molar-refractivity contribution in [1.82, 2.24) is 15.1 Å². The van der Waals surface area contributed by atoms with E-state index in [1.165, 1.54) is 58.2 Å². The van der Waals surface area contributed by atoms with E-state index in [-0.39, 0.29) is 0 Å². The lowest BCUT2D eigenvalue weighted by atomic mass is 9.97. The average Bonchev–Trinajstić information content (AvgIpc) is 2.96. The van der Waals surface area contributed by atoms with E-state index in [0.29, 0.717) is 0 Å². The molecule has 3 heteroatoms. The molecule has 2 unspecified atom stereocenters. The zero-order valence-electron chi connectivity index (χ0n) is 12.5. The van der Waals surface area contributed by atoms with Crippen LogP contribution in [0.2, 0.25) is 0 Å². The van der Waals surface area contributed by atoms with Gasteiger partial charge in [-0.15, -0.1) is 0 Å². The van der Waals surface area contributed by atoms with Crippen molar-refractivity contribution in [2.45, 2.75) is 50.6 Å². The highest BCUT2D eigenvalue weighted by molar-refractivity contribution is 4.88. The lowest BCUT2D eigenvalue weighted by Gasteiger charge is -2.33. The van der Waals surface area contributed by atoms with Crippen LogP contribution in [0.1, 0.15) is 38.5 Å². The van der Waals surface area contributed by atoms with Crippen molar-refractivity contribution < 1.29 is 0 Å². The predicted octanol–water partition coefficient (Wildman–Crippen LogP) is 1.79. The van der Waals surface area contributed by atoms with Gasteiger partial charge in [0.25, 0.3) is 0 Å². The van der Waals surface area contributed by atoms with Gasteiger partial charge in [-0.1, -0.05) is 12.8 Å². The molecule has 1 aliphatic carbocycles. The Labute approximate surface area is 113 Å². The standard InChI is InChI=1S/C15H31N3/c1-16-15(13-7-4-5-8-13)12-18-10-6-9-14(18)11-17(2)3/h13-16H,4-12H2,1-3H3. The topological polar surface area (TPSA) is 18.5 Å². The van der Waals surface area contributed by atoms with Crippen LogP contribution in [0.15, 0.2) is 0 Å². The SMILES string of the molecule is CNC(CN1CCCC1CN(C)C)C1CCCC1. The van der Waals surface area contributed by atoms with Crippen molar-refractivity contribution in [2.24, 2.45) is 5.92 Å². The second-order valence-electron chi connectivity index (χ2n) is 6.49. The third-order valence-corrected chi connectivity index (χ3v) is 4.85. The first kappa shape index (κ1) is 14.3. The van der Waals surface area contributed by atoms with Gasteiger partial charge in [0.05, 0.1) is 0 Å². The van der Waals surface area contributed by atoms with Crippen molar-refractivity contribution in [3.05, 3.63) is 0 Å². The monoisotopic (exact) mass is 253 g/mol. The highest BCUT2D eigenvalue weighted by atomic mass is 15.2. The minimum atomic E-state index is 0.718. The van der Waals surface area contributed by atoms with E-state index in [0.717, 1.165) is 18.0 Å². The summed E-state index contributed by atoms with van der Waals surface area (Å²) in [7, 11) is 6.55. The summed E-state index contributed by atoms with van der Waals surface area (Å²) in [6, 6.07) is 1.51. The van der Waals surface area contributed by atoms with Gasteiger partial charge in [-0.2, -0.15) is 0 Å².